The summed E-state index contributed by atoms with van der Waals surface area (Å²) in [5, 5.41) is 14.6. The van der Waals surface area contributed by atoms with E-state index in [4.69, 9.17) is 4.99 Å². The van der Waals surface area contributed by atoms with E-state index in [0.29, 0.717) is 6.04 Å². The van der Waals surface area contributed by atoms with Crippen LogP contribution >= 0.6 is 24.0 Å². The first kappa shape index (κ1) is 24.4. The standard InChI is InChI=1S/C21H32FN7.HI/c1-3-23-21(24-10-4-5-11-28-15-25-26-16-28)27-19-7-6-12-29(14-19)20-9-8-18(22)13-17(20)2;/h8-9,13,15-16,19H,3-7,10-12,14H2,1-2H3,(H2,23,24,27);1H. The van der Waals surface area contributed by atoms with Crippen molar-refractivity contribution in [3.8, 4) is 0 Å². The van der Waals surface area contributed by atoms with E-state index in [1.807, 2.05) is 17.6 Å². The number of aryl methyl sites for hydroxylation is 2. The van der Waals surface area contributed by atoms with Crippen molar-refractivity contribution < 1.29 is 4.39 Å². The summed E-state index contributed by atoms with van der Waals surface area (Å²) in [4.78, 5) is 7.09. The van der Waals surface area contributed by atoms with Crippen molar-refractivity contribution in [2.24, 2.45) is 4.99 Å². The number of nitrogens with zero attached hydrogens (tertiary/aromatic N) is 5. The molecule has 1 fully saturated rings. The smallest absolute Gasteiger partial charge is 0.191 e. The lowest BCUT2D eigenvalue weighted by molar-refractivity contribution is 0.467. The van der Waals surface area contributed by atoms with Crippen molar-refractivity contribution >= 4 is 35.6 Å². The number of nitrogens with one attached hydrogen (secondary N) is 2. The Balaban J connectivity index is 0.00000320. The Kier molecular flexibility index (Phi) is 10.3. The number of anilines is 1. The number of piperidine rings is 1. The van der Waals surface area contributed by atoms with Crippen molar-refractivity contribution in [2.75, 3.05) is 31.1 Å². The Hall–Kier alpha value is -1.91. The number of benzene rings is 1. The first-order chi connectivity index (χ1) is 14.2. The van der Waals surface area contributed by atoms with E-state index in [0.717, 1.165) is 75.6 Å². The Morgan fingerprint density at radius 1 is 1.27 bits per heavy atom. The third-order valence-electron chi connectivity index (χ3n) is 5.17. The Morgan fingerprint density at radius 2 is 2.07 bits per heavy atom. The van der Waals surface area contributed by atoms with Crippen LogP contribution in [0.5, 0.6) is 0 Å². The van der Waals surface area contributed by atoms with Gasteiger partial charge in [0.25, 0.3) is 0 Å². The van der Waals surface area contributed by atoms with E-state index in [9.17, 15) is 4.39 Å². The fourth-order valence-corrected chi connectivity index (χ4v) is 3.74. The molecule has 1 saturated heterocycles. The number of halogens is 2. The van der Waals surface area contributed by atoms with Gasteiger partial charge in [-0.05, 0) is 63.3 Å². The molecule has 0 amide bonds. The summed E-state index contributed by atoms with van der Waals surface area (Å²) in [5.74, 6) is 0.697. The number of guanidine groups is 1. The van der Waals surface area contributed by atoms with Crippen LogP contribution in [0.15, 0.2) is 35.8 Å². The molecule has 1 aromatic carbocycles. The average Bonchev–Trinajstić information content (AvgIpc) is 3.21. The van der Waals surface area contributed by atoms with Crippen molar-refractivity contribution in [3.63, 3.8) is 0 Å². The lowest BCUT2D eigenvalue weighted by atomic mass is 10.0. The molecule has 30 heavy (non-hydrogen) atoms. The van der Waals surface area contributed by atoms with Gasteiger partial charge in [0.2, 0.25) is 0 Å². The van der Waals surface area contributed by atoms with E-state index in [1.165, 1.54) is 0 Å². The zero-order valence-electron chi connectivity index (χ0n) is 17.9. The second-order valence-electron chi connectivity index (χ2n) is 7.53. The molecule has 0 radical (unpaired) electrons. The quantitative estimate of drug-likeness (QED) is 0.238. The molecular weight excluding hydrogens is 496 g/mol. The van der Waals surface area contributed by atoms with E-state index >= 15 is 0 Å². The number of rotatable bonds is 8. The molecule has 2 aromatic rings. The highest BCUT2D eigenvalue weighted by molar-refractivity contribution is 14.0. The zero-order chi connectivity index (χ0) is 20.5. The normalized spacial score (nSPS) is 16.8. The predicted molar refractivity (Wildman–Crippen MR) is 130 cm³/mol. The van der Waals surface area contributed by atoms with Crippen molar-refractivity contribution in [3.05, 3.63) is 42.2 Å². The minimum absolute atomic E-state index is 0. The van der Waals surface area contributed by atoms with Gasteiger partial charge in [0.1, 0.15) is 18.5 Å². The van der Waals surface area contributed by atoms with Gasteiger partial charge in [0.05, 0.1) is 0 Å². The van der Waals surface area contributed by atoms with Gasteiger partial charge >= 0.3 is 0 Å². The lowest BCUT2D eigenvalue weighted by Crippen LogP contribution is -2.51. The number of aliphatic imine (C=N–C) groups is 1. The second kappa shape index (κ2) is 12.7. The Morgan fingerprint density at radius 3 is 2.80 bits per heavy atom. The number of unbranched alkanes of at least 4 members (excludes halogenated alkanes) is 1. The average molecular weight is 529 g/mol. The fourth-order valence-electron chi connectivity index (χ4n) is 3.74. The third kappa shape index (κ3) is 7.41. The van der Waals surface area contributed by atoms with Gasteiger partial charge in [-0.25, -0.2) is 4.39 Å². The molecule has 7 nitrogen and oxygen atoms in total. The molecule has 2 heterocycles. The molecule has 3 rings (SSSR count). The third-order valence-corrected chi connectivity index (χ3v) is 5.17. The minimum atomic E-state index is -0.177. The maximum Gasteiger partial charge on any atom is 0.191 e. The molecular formula is C21H33FIN7. The SMILES string of the molecule is CCNC(=NCCCCn1cnnc1)NC1CCCN(c2ccc(F)cc2C)C1.I. The maximum absolute atomic E-state index is 13.4. The summed E-state index contributed by atoms with van der Waals surface area (Å²) in [7, 11) is 0. The molecule has 166 valence electrons. The van der Waals surface area contributed by atoms with Gasteiger partial charge in [0.15, 0.2) is 5.96 Å². The Bertz CT molecular complexity index is 782. The first-order valence-corrected chi connectivity index (χ1v) is 10.5. The van der Waals surface area contributed by atoms with Gasteiger partial charge in [-0.15, -0.1) is 34.2 Å². The van der Waals surface area contributed by atoms with Crippen LogP contribution in [0.2, 0.25) is 0 Å². The summed E-state index contributed by atoms with van der Waals surface area (Å²) in [6, 6.07) is 5.37. The summed E-state index contributed by atoms with van der Waals surface area (Å²) < 4.78 is 15.4. The molecule has 1 atom stereocenters. The van der Waals surface area contributed by atoms with E-state index in [2.05, 4.69) is 32.7 Å². The molecule has 1 aliphatic rings. The maximum atomic E-state index is 13.4. The molecule has 0 bridgehead atoms. The summed E-state index contributed by atoms with van der Waals surface area (Å²) in [5.41, 5.74) is 2.10. The molecule has 9 heteroatoms. The van der Waals surface area contributed by atoms with Crippen LogP contribution in [-0.4, -0.2) is 52.9 Å². The largest absolute Gasteiger partial charge is 0.369 e. The van der Waals surface area contributed by atoms with Gasteiger partial charge in [0, 0.05) is 44.5 Å². The second-order valence-corrected chi connectivity index (χ2v) is 7.53. The molecule has 0 aliphatic carbocycles. The van der Waals surface area contributed by atoms with Crippen LogP contribution in [-0.2, 0) is 6.54 Å². The number of hydrogen-bond acceptors (Lipinski definition) is 4. The highest BCUT2D eigenvalue weighted by Crippen LogP contribution is 2.24. The van der Waals surface area contributed by atoms with Crippen LogP contribution in [0.4, 0.5) is 10.1 Å². The van der Waals surface area contributed by atoms with Crippen LogP contribution in [0.3, 0.4) is 0 Å². The van der Waals surface area contributed by atoms with Gasteiger partial charge in [-0.1, -0.05) is 0 Å². The van der Waals surface area contributed by atoms with E-state index < -0.39 is 0 Å². The molecule has 1 aromatic heterocycles. The molecule has 2 N–H and O–H groups in total. The molecule has 0 saturated carbocycles. The van der Waals surface area contributed by atoms with Crippen LogP contribution in [0.1, 0.15) is 38.2 Å². The van der Waals surface area contributed by atoms with Gasteiger partial charge in [-0.2, -0.15) is 0 Å². The van der Waals surface area contributed by atoms with Crippen LogP contribution in [0, 0.1) is 12.7 Å². The van der Waals surface area contributed by atoms with Gasteiger partial charge < -0.3 is 20.1 Å². The summed E-state index contributed by atoms with van der Waals surface area (Å²) >= 11 is 0. The van der Waals surface area contributed by atoms with Crippen LogP contribution in [0.25, 0.3) is 0 Å². The van der Waals surface area contributed by atoms with Crippen LogP contribution < -0.4 is 15.5 Å². The molecule has 1 unspecified atom stereocenters. The monoisotopic (exact) mass is 529 g/mol. The van der Waals surface area contributed by atoms with Crippen molar-refractivity contribution in [2.45, 2.75) is 52.1 Å². The van der Waals surface area contributed by atoms with Gasteiger partial charge in [-0.3, -0.25) is 4.99 Å². The van der Waals surface area contributed by atoms with Crippen molar-refractivity contribution in [1.29, 1.82) is 0 Å². The highest BCUT2D eigenvalue weighted by Gasteiger charge is 2.22. The van der Waals surface area contributed by atoms with Crippen molar-refractivity contribution in [1.82, 2.24) is 25.4 Å². The fraction of sp³-hybridized carbons (Fsp3) is 0.571. The first-order valence-electron chi connectivity index (χ1n) is 10.5. The zero-order valence-corrected chi connectivity index (χ0v) is 20.2. The number of hydrogen-bond donors (Lipinski definition) is 2. The van der Waals surface area contributed by atoms with E-state index in [1.54, 1.807) is 24.8 Å². The lowest BCUT2D eigenvalue weighted by Gasteiger charge is -2.36. The van der Waals surface area contributed by atoms with E-state index in [-0.39, 0.29) is 29.8 Å². The summed E-state index contributed by atoms with van der Waals surface area (Å²) in [6.07, 6.45) is 7.75. The predicted octanol–water partition coefficient (Wildman–Crippen LogP) is 3.35. The highest BCUT2D eigenvalue weighted by atomic mass is 127. The molecule has 0 spiro atoms. The Labute approximate surface area is 195 Å². The minimum Gasteiger partial charge on any atom is -0.369 e. The number of aromatic nitrogens is 3. The molecule has 1 aliphatic heterocycles. The topological polar surface area (TPSA) is 70.4 Å². The summed E-state index contributed by atoms with van der Waals surface area (Å²) in [6.45, 7) is 8.48.